The molecule has 3 heteroatoms. The van der Waals surface area contributed by atoms with Gasteiger partial charge in [-0.1, -0.05) is 48.2 Å². The van der Waals surface area contributed by atoms with Crippen molar-refractivity contribution in [3.8, 4) is 0 Å². The summed E-state index contributed by atoms with van der Waals surface area (Å²) in [5.41, 5.74) is 5.52. The van der Waals surface area contributed by atoms with E-state index in [4.69, 9.17) is 5.84 Å². The summed E-state index contributed by atoms with van der Waals surface area (Å²) in [7, 11) is 0. The Morgan fingerprint density at radius 2 is 2.12 bits per heavy atom. The first-order valence-electron chi connectivity index (χ1n) is 5.91. The van der Waals surface area contributed by atoms with Crippen LogP contribution < -0.4 is 11.3 Å². The van der Waals surface area contributed by atoms with Crippen LogP contribution in [-0.2, 0) is 0 Å². The quantitative estimate of drug-likeness (QED) is 0.473. The Balaban J connectivity index is 2.70. The van der Waals surface area contributed by atoms with Crippen LogP contribution in [0.4, 0.5) is 0 Å². The van der Waals surface area contributed by atoms with Crippen molar-refractivity contribution in [3.63, 3.8) is 0 Å². The summed E-state index contributed by atoms with van der Waals surface area (Å²) in [5, 5.41) is 0. The normalized spacial score (nSPS) is 12.8. The molecule has 3 N–H and O–H groups in total. The summed E-state index contributed by atoms with van der Waals surface area (Å²) >= 11 is 3.48. The van der Waals surface area contributed by atoms with Gasteiger partial charge in [-0.2, -0.15) is 0 Å². The van der Waals surface area contributed by atoms with Crippen molar-refractivity contribution in [2.75, 3.05) is 0 Å². The highest BCUT2D eigenvalue weighted by molar-refractivity contribution is 9.10. The molecule has 0 bridgehead atoms. The summed E-state index contributed by atoms with van der Waals surface area (Å²) in [4.78, 5) is 0. The Kier molecular flexibility index (Phi) is 6.03. The molecule has 1 atom stereocenters. The molecule has 1 rings (SSSR count). The van der Waals surface area contributed by atoms with Gasteiger partial charge in [0.1, 0.15) is 0 Å². The average Bonchev–Trinajstić information content (AvgIpc) is 2.26. The topological polar surface area (TPSA) is 38.0 Å². The molecular formula is C13H21BrN2. The highest BCUT2D eigenvalue weighted by Gasteiger charge is 2.11. The second-order valence-corrected chi connectivity index (χ2v) is 5.13. The molecule has 0 saturated carbocycles. The summed E-state index contributed by atoms with van der Waals surface area (Å²) in [6.45, 7) is 4.35. The van der Waals surface area contributed by atoms with E-state index in [2.05, 4.69) is 53.4 Å². The number of aryl methyl sites for hydroxylation is 1. The van der Waals surface area contributed by atoms with Gasteiger partial charge in [-0.05, 0) is 36.6 Å². The molecule has 0 radical (unpaired) electrons. The van der Waals surface area contributed by atoms with Crippen LogP contribution in [0.5, 0.6) is 0 Å². The van der Waals surface area contributed by atoms with Gasteiger partial charge in [0.25, 0.3) is 0 Å². The molecule has 0 amide bonds. The van der Waals surface area contributed by atoms with Gasteiger partial charge in [0.05, 0.1) is 0 Å². The minimum atomic E-state index is 0.277. The van der Waals surface area contributed by atoms with Gasteiger partial charge < -0.3 is 0 Å². The Bertz CT molecular complexity index is 326. The van der Waals surface area contributed by atoms with Crippen LogP contribution in [0.1, 0.15) is 49.8 Å². The van der Waals surface area contributed by atoms with Gasteiger partial charge in [0.15, 0.2) is 0 Å². The lowest BCUT2D eigenvalue weighted by Crippen LogP contribution is -2.28. The van der Waals surface area contributed by atoms with Crippen molar-refractivity contribution in [1.82, 2.24) is 5.43 Å². The maximum Gasteiger partial charge on any atom is 0.0462 e. The van der Waals surface area contributed by atoms with Crippen molar-refractivity contribution in [2.45, 2.75) is 45.6 Å². The third-order valence-electron chi connectivity index (χ3n) is 2.90. The third-order valence-corrected chi connectivity index (χ3v) is 3.40. The third kappa shape index (κ3) is 3.89. The molecule has 0 spiro atoms. The molecule has 0 saturated heterocycles. The van der Waals surface area contributed by atoms with Crippen molar-refractivity contribution in [1.29, 1.82) is 0 Å². The molecule has 0 aliphatic rings. The standard InChI is InChI=1S/C13H21BrN2/c1-3-4-5-6-13(16-15)12-8-7-11(14)9-10(12)2/h7-9,13,16H,3-6,15H2,1-2H3. The summed E-state index contributed by atoms with van der Waals surface area (Å²) in [6, 6.07) is 6.64. The van der Waals surface area contributed by atoms with E-state index in [-0.39, 0.29) is 6.04 Å². The maximum absolute atomic E-state index is 5.63. The van der Waals surface area contributed by atoms with Crippen LogP contribution in [-0.4, -0.2) is 0 Å². The van der Waals surface area contributed by atoms with E-state index in [9.17, 15) is 0 Å². The second kappa shape index (κ2) is 7.05. The smallest absolute Gasteiger partial charge is 0.0462 e. The second-order valence-electron chi connectivity index (χ2n) is 4.22. The van der Waals surface area contributed by atoms with Gasteiger partial charge in [-0.3, -0.25) is 11.3 Å². The molecule has 2 nitrogen and oxygen atoms in total. The Labute approximate surface area is 107 Å². The van der Waals surface area contributed by atoms with Crippen LogP contribution in [0.3, 0.4) is 0 Å². The van der Waals surface area contributed by atoms with E-state index in [1.165, 1.54) is 30.4 Å². The average molecular weight is 285 g/mol. The number of hydrogen-bond acceptors (Lipinski definition) is 2. The molecule has 0 aromatic heterocycles. The molecule has 0 aliphatic heterocycles. The summed E-state index contributed by atoms with van der Waals surface area (Å²) in [6.07, 6.45) is 4.85. The van der Waals surface area contributed by atoms with Crippen LogP contribution in [0, 0.1) is 6.92 Å². The number of unbranched alkanes of at least 4 members (excludes halogenated alkanes) is 2. The zero-order valence-electron chi connectivity index (χ0n) is 10.1. The lowest BCUT2D eigenvalue weighted by atomic mass is 9.97. The Morgan fingerprint density at radius 3 is 2.69 bits per heavy atom. The summed E-state index contributed by atoms with van der Waals surface area (Å²) < 4.78 is 1.12. The summed E-state index contributed by atoms with van der Waals surface area (Å²) in [5.74, 6) is 5.63. The first kappa shape index (κ1) is 13.7. The highest BCUT2D eigenvalue weighted by Crippen LogP contribution is 2.24. The monoisotopic (exact) mass is 284 g/mol. The number of halogens is 1. The van der Waals surface area contributed by atoms with Gasteiger partial charge in [0, 0.05) is 10.5 Å². The molecule has 1 unspecified atom stereocenters. The lowest BCUT2D eigenvalue weighted by molar-refractivity contribution is 0.485. The minimum Gasteiger partial charge on any atom is -0.271 e. The van der Waals surface area contributed by atoms with Gasteiger partial charge >= 0.3 is 0 Å². The molecule has 90 valence electrons. The molecule has 1 aromatic carbocycles. The number of benzene rings is 1. The fourth-order valence-electron chi connectivity index (χ4n) is 1.96. The lowest BCUT2D eigenvalue weighted by Gasteiger charge is -2.18. The molecular weight excluding hydrogens is 264 g/mol. The van der Waals surface area contributed by atoms with E-state index >= 15 is 0 Å². The molecule has 1 aromatic rings. The predicted molar refractivity (Wildman–Crippen MR) is 73.1 cm³/mol. The molecule has 16 heavy (non-hydrogen) atoms. The van der Waals surface area contributed by atoms with Crippen LogP contribution >= 0.6 is 15.9 Å². The first-order valence-corrected chi connectivity index (χ1v) is 6.70. The zero-order valence-corrected chi connectivity index (χ0v) is 11.7. The number of hydrazine groups is 1. The number of rotatable bonds is 6. The van der Waals surface area contributed by atoms with Gasteiger partial charge in [0.2, 0.25) is 0 Å². The highest BCUT2D eigenvalue weighted by atomic mass is 79.9. The van der Waals surface area contributed by atoms with E-state index in [0.29, 0.717) is 0 Å². The van der Waals surface area contributed by atoms with Crippen LogP contribution in [0.25, 0.3) is 0 Å². The van der Waals surface area contributed by atoms with E-state index in [1.54, 1.807) is 0 Å². The fraction of sp³-hybridized carbons (Fsp3) is 0.538. The minimum absolute atomic E-state index is 0.277. The van der Waals surface area contributed by atoms with Crippen molar-refractivity contribution < 1.29 is 0 Å². The zero-order chi connectivity index (χ0) is 12.0. The van der Waals surface area contributed by atoms with Crippen molar-refractivity contribution >= 4 is 15.9 Å². The maximum atomic E-state index is 5.63. The van der Waals surface area contributed by atoms with Gasteiger partial charge in [-0.25, -0.2) is 0 Å². The van der Waals surface area contributed by atoms with E-state index in [0.717, 1.165) is 10.9 Å². The predicted octanol–water partition coefficient (Wildman–Crippen LogP) is 3.84. The van der Waals surface area contributed by atoms with Crippen LogP contribution in [0.2, 0.25) is 0 Å². The number of nitrogens with one attached hydrogen (secondary N) is 1. The van der Waals surface area contributed by atoms with E-state index in [1.807, 2.05) is 0 Å². The largest absolute Gasteiger partial charge is 0.271 e. The van der Waals surface area contributed by atoms with Crippen LogP contribution in [0.15, 0.2) is 22.7 Å². The number of hydrogen-bond donors (Lipinski definition) is 2. The Hall–Kier alpha value is -0.380. The molecule has 0 heterocycles. The molecule has 0 fully saturated rings. The SMILES string of the molecule is CCCCCC(NN)c1ccc(Br)cc1C. The number of nitrogens with two attached hydrogens (primary N) is 1. The van der Waals surface area contributed by atoms with Gasteiger partial charge in [-0.15, -0.1) is 0 Å². The first-order chi connectivity index (χ1) is 7.69. The molecule has 0 aliphatic carbocycles. The Morgan fingerprint density at radius 1 is 1.38 bits per heavy atom. The fourth-order valence-corrected chi connectivity index (χ4v) is 2.43. The van der Waals surface area contributed by atoms with E-state index < -0.39 is 0 Å². The van der Waals surface area contributed by atoms with Crippen molar-refractivity contribution in [2.24, 2.45) is 5.84 Å². The van der Waals surface area contributed by atoms with Crippen molar-refractivity contribution in [3.05, 3.63) is 33.8 Å².